The number of nitriles is 1. The van der Waals surface area contributed by atoms with Crippen molar-refractivity contribution in [1.82, 2.24) is 4.90 Å². The number of carboxylic acids is 1. The number of nitrogens with zero attached hydrogens (tertiary/aromatic N) is 2. The van der Waals surface area contributed by atoms with E-state index in [0.29, 0.717) is 5.02 Å². The molecule has 0 radical (unpaired) electrons. The molecule has 2 aromatic carbocycles. The summed E-state index contributed by atoms with van der Waals surface area (Å²) in [5, 5.41) is 21.8. The number of carbonyl (C=O) groups excluding carboxylic acids is 1. The maximum Gasteiger partial charge on any atom is 0.434 e. The minimum atomic E-state index is -4.76. The van der Waals surface area contributed by atoms with Gasteiger partial charge in [-0.3, -0.25) is 4.79 Å². The highest BCUT2D eigenvalue weighted by molar-refractivity contribution is 6.30. The van der Waals surface area contributed by atoms with E-state index in [4.69, 9.17) is 23.2 Å². The van der Waals surface area contributed by atoms with Gasteiger partial charge in [0.25, 0.3) is 0 Å². The van der Waals surface area contributed by atoms with E-state index in [1.165, 1.54) is 48.5 Å². The van der Waals surface area contributed by atoms with Crippen LogP contribution in [0.3, 0.4) is 0 Å². The first-order chi connectivity index (χ1) is 17.1. The molecule has 4 atom stereocenters. The first kappa shape index (κ1) is 28.8. The standard InChI is InChI=1S/C26H25Cl2F3N2O4/c1-23(2,3)13-19-25(14-32,16-8-10-17(27)11-9-16)20(15-6-5-7-18(28)12-15)24(4,21(34)35)33(19)26(29,30)22(36)37-31/h5-12,19-20H,13H2,1-4H3,(H,34,35)/t19-,20-,24+,25-/m0/s1. The van der Waals surface area contributed by atoms with Gasteiger partial charge in [0.15, 0.2) is 0 Å². The molecule has 37 heavy (non-hydrogen) atoms. The average molecular weight is 557 g/mol. The van der Waals surface area contributed by atoms with Crippen molar-refractivity contribution in [3.63, 3.8) is 0 Å². The second kappa shape index (κ2) is 9.82. The smallest absolute Gasteiger partial charge is 0.434 e. The Labute approximate surface area is 222 Å². The molecule has 198 valence electrons. The van der Waals surface area contributed by atoms with Gasteiger partial charge in [-0.15, -0.1) is 0 Å². The molecule has 0 unspecified atom stereocenters. The lowest BCUT2D eigenvalue weighted by atomic mass is 9.60. The van der Waals surface area contributed by atoms with Gasteiger partial charge < -0.3 is 5.11 Å². The number of likely N-dealkylation sites (tertiary alicyclic amines) is 1. The molecule has 3 rings (SSSR count). The molecular weight excluding hydrogens is 532 g/mol. The second-order valence-corrected chi connectivity index (χ2v) is 11.4. The molecule has 2 aromatic rings. The molecule has 1 N–H and O–H groups in total. The van der Waals surface area contributed by atoms with Crippen LogP contribution in [0.5, 0.6) is 0 Å². The highest BCUT2D eigenvalue weighted by Gasteiger charge is 2.76. The van der Waals surface area contributed by atoms with Crippen LogP contribution in [0.1, 0.15) is 51.2 Å². The zero-order valence-corrected chi connectivity index (χ0v) is 21.9. The normalized spacial score (nSPS) is 26.5. The number of carboxylic acid groups (broad SMARTS) is 1. The fraction of sp³-hybridized carbons (Fsp3) is 0.423. The molecule has 6 nitrogen and oxygen atoms in total. The van der Waals surface area contributed by atoms with E-state index in [2.05, 4.69) is 11.0 Å². The van der Waals surface area contributed by atoms with Crippen molar-refractivity contribution in [2.24, 2.45) is 5.41 Å². The summed E-state index contributed by atoms with van der Waals surface area (Å²) in [6.07, 6.45) is -0.182. The van der Waals surface area contributed by atoms with Crippen molar-refractivity contribution in [2.75, 3.05) is 0 Å². The molecule has 0 spiro atoms. The van der Waals surface area contributed by atoms with E-state index < -0.39 is 46.3 Å². The molecule has 1 aliphatic rings. The summed E-state index contributed by atoms with van der Waals surface area (Å²) < 4.78 is 44.6. The van der Waals surface area contributed by atoms with Gasteiger partial charge in [-0.25, -0.2) is 14.6 Å². The van der Waals surface area contributed by atoms with E-state index in [0.717, 1.165) is 6.92 Å². The molecule has 0 amide bonds. The highest BCUT2D eigenvalue weighted by Crippen LogP contribution is 2.62. The van der Waals surface area contributed by atoms with E-state index in [-0.39, 0.29) is 27.5 Å². The summed E-state index contributed by atoms with van der Waals surface area (Å²) in [4.78, 5) is 28.1. The summed E-state index contributed by atoms with van der Waals surface area (Å²) in [5.74, 6) is -5.85. The Morgan fingerprint density at radius 3 is 2.19 bits per heavy atom. The monoisotopic (exact) mass is 556 g/mol. The fourth-order valence-electron chi connectivity index (χ4n) is 5.56. The van der Waals surface area contributed by atoms with Crippen LogP contribution < -0.4 is 0 Å². The number of alkyl halides is 2. The largest absolute Gasteiger partial charge is 0.480 e. The third-order valence-electron chi connectivity index (χ3n) is 6.90. The highest BCUT2D eigenvalue weighted by atomic mass is 35.5. The zero-order chi connectivity index (χ0) is 28.0. The first-order valence-electron chi connectivity index (χ1n) is 11.2. The zero-order valence-electron chi connectivity index (χ0n) is 20.4. The van der Waals surface area contributed by atoms with E-state index in [1.54, 1.807) is 20.8 Å². The molecule has 1 fully saturated rings. The minimum absolute atomic E-state index is 0.124. The lowest BCUT2D eigenvalue weighted by Crippen LogP contribution is -2.63. The van der Waals surface area contributed by atoms with Crippen molar-refractivity contribution in [2.45, 2.75) is 63.1 Å². The van der Waals surface area contributed by atoms with Gasteiger partial charge in [0.1, 0.15) is 11.0 Å². The molecule has 1 saturated heterocycles. The first-order valence-corrected chi connectivity index (χ1v) is 12.0. The number of carbonyl (C=O) groups is 2. The van der Waals surface area contributed by atoms with E-state index >= 15 is 8.78 Å². The molecule has 11 heteroatoms. The Hall–Kier alpha value is -2.80. The Kier molecular flexibility index (Phi) is 7.64. The van der Waals surface area contributed by atoms with Crippen LogP contribution in [0.15, 0.2) is 48.5 Å². The summed E-state index contributed by atoms with van der Waals surface area (Å²) in [5.41, 5.74) is -5.00. The van der Waals surface area contributed by atoms with Gasteiger partial charge >= 0.3 is 18.0 Å². The number of benzene rings is 2. The van der Waals surface area contributed by atoms with Crippen molar-refractivity contribution >= 4 is 35.1 Å². The number of aliphatic carboxylic acids is 1. The minimum Gasteiger partial charge on any atom is -0.480 e. The summed E-state index contributed by atoms with van der Waals surface area (Å²) in [6.45, 7) is 6.13. The lowest BCUT2D eigenvalue weighted by Gasteiger charge is -2.41. The van der Waals surface area contributed by atoms with Gasteiger partial charge in [0.2, 0.25) is 0 Å². The molecule has 0 aromatic heterocycles. The second-order valence-electron chi connectivity index (χ2n) is 10.5. The van der Waals surface area contributed by atoms with Gasteiger partial charge in [0.05, 0.1) is 6.07 Å². The van der Waals surface area contributed by atoms with Gasteiger partial charge in [0, 0.05) is 26.5 Å². The number of hydrogen-bond donors (Lipinski definition) is 1. The van der Waals surface area contributed by atoms with E-state index in [1.807, 2.05) is 0 Å². The van der Waals surface area contributed by atoms with Crippen molar-refractivity contribution in [3.05, 3.63) is 69.7 Å². The van der Waals surface area contributed by atoms with Gasteiger partial charge in [-0.05, 0) is 54.2 Å². The predicted molar refractivity (Wildman–Crippen MR) is 131 cm³/mol. The molecule has 0 aliphatic carbocycles. The van der Waals surface area contributed by atoms with Gasteiger partial charge in [-0.1, -0.05) is 68.2 Å². The summed E-state index contributed by atoms with van der Waals surface area (Å²) >= 11 is 12.3. The van der Waals surface area contributed by atoms with Crippen LogP contribution in [-0.2, 0) is 19.9 Å². The van der Waals surface area contributed by atoms with Crippen molar-refractivity contribution in [3.8, 4) is 6.07 Å². The van der Waals surface area contributed by atoms with Crippen LogP contribution in [0.2, 0.25) is 10.0 Å². The summed E-state index contributed by atoms with van der Waals surface area (Å²) in [6, 6.07) is 7.46. The van der Waals surface area contributed by atoms with Crippen LogP contribution >= 0.6 is 23.2 Å². The molecule has 0 saturated carbocycles. The maximum absolute atomic E-state index is 15.8. The predicted octanol–water partition coefficient (Wildman–Crippen LogP) is 6.52. The topological polar surface area (TPSA) is 90.6 Å². The third kappa shape index (κ3) is 4.67. The van der Waals surface area contributed by atoms with Crippen LogP contribution in [0.25, 0.3) is 0 Å². The molecular formula is C26H25Cl2F3N2O4. The Balaban J connectivity index is 2.57. The number of rotatable bonds is 6. The quantitative estimate of drug-likeness (QED) is 0.407. The van der Waals surface area contributed by atoms with Gasteiger partial charge in [-0.2, -0.15) is 14.0 Å². The van der Waals surface area contributed by atoms with Crippen LogP contribution in [0.4, 0.5) is 13.3 Å². The fourth-order valence-corrected chi connectivity index (χ4v) is 5.88. The SMILES string of the molecule is CC(C)(C)C[C@@H]1N(C(F)(F)C(=O)OF)[C@@](C)(C(=O)O)[C@H](c2cccc(Cl)c2)[C@@]1(C#N)c1ccc(Cl)cc1. The van der Waals surface area contributed by atoms with Crippen molar-refractivity contribution in [1.29, 1.82) is 5.26 Å². The summed E-state index contributed by atoms with van der Waals surface area (Å²) in [7, 11) is 0. The Morgan fingerprint density at radius 1 is 1.14 bits per heavy atom. The van der Waals surface area contributed by atoms with E-state index in [9.17, 15) is 24.5 Å². The molecule has 1 aliphatic heterocycles. The third-order valence-corrected chi connectivity index (χ3v) is 7.39. The Bertz CT molecular complexity index is 1250. The number of halogens is 5. The Morgan fingerprint density at radius 2 is 1.73 bits per heavy atom. The average Bonchev–Trinajstić information content (AvgIpc) is 3.04. The number of hydrogen-bond acceptors (Lipinski definition) is 5. The maximum atomic E-state index is 15.8. The molecule has 0 bridgehead atoms. The lowest BCUT2D eigenvalue weighted by molar-refractivity contribution is -0.252. The van der Waals surface area contributed by atoms with Crippen molar-refractivity contribution < 1.29 is 32.9 Å². The van der Waals surface area contributed by atoms with Crippen LogP contribution in [0, 0.1) is 16.7 Å². The van der Waals surface area contributed by atoms with Crippen LogP contribution in [-0.4, -0.2) is 39.6 Å². The molecule has 1 heterocycles.